The maximum absolute atomic E-state index is 11.4. The van der Waals surface area contributed by atoms with Crippen molar-refractivity contribution in [1.29, 1.82) is 0 Å². The van der Waals surface area contributed by atoms with Crippen molar-refractivity contribution >= 4 is 18.1 Å². The number of ether oxygens (including phenoxy) is 1. The van der Waals surface area contributed by atoms with Gasteiger partial charge in [-0.3, -0.25) is 14.5 Å². The molecule has 7 heteroatoms. The number of anilines is 1. The van der Waals surface area contributed by atoms with E-state index in [2.05, 4.69) is 26.7 Å². The molecule has 0 saturated carbocycles. The third kappa shape index (κ3) is 4.24. The SMILES string of the molecule is CCOC(=O)CCN1CCN(c2cnc(C=O)cn2)[C@H](C)C1. The molecule has 2 rings (SSSR count). The lowest BCUT2D eigenvalue weighted by molar-refractivity contribution is -0.143. The van der Waals surface area contributed by atoms with Crippen LogP contribution in [0.2, 0.25) is 0 Å². The average molecular weight is 306 g/mol. The van der Waals surface area contributed by atoms with Gasteiger partial charge in [0.05, 0.1) is 25.4 Å². The van der Waals surface area contributed by atoms with Gasteiger partial charge in [-0.25, -0.2) is 9.97 Å². The van der Waals surface area contributed by atoms with Crippen molar-refractivity contribution in [3.05, 3.63) is 18.1 Å². The Morgan fingerprint density at radius 2 is 2.23 bits per heavy atom. The first-order valence-corrected chi connectivity index (χ1v) is 7.56. The number of esters is 1. The van der Waals surface area contributed by atoms with Crippen LogP contribution >= 0.6 is 0 Å². The second-order valence-electron chi connectivity index (χ2n) is 5.32. The molecule has 1 saturated heterocycles. The zero-order chi connectivity index (χ0) is 15.9. The summed E-state index contributed by atoms with van der Waals surface area (Å²) in [7, 11) is 0. The maximum Gasteiger partial charge on any atom is 0.307 e. The van der Waals surface area contributed by atoms with E-state index < -0.39 is 0 Å². The lowest BCUT2D eigenvalue weighted by Crippen LogP contribution is -2.52. The van der Waals surface area contributed by atoms with Crippen molar-refractivity contribution in [1.82, 2.24) is 14.9 Å². The molecule has 1 atom stereocenters. The fourth-order valence-electron chi connectivity index (χ4n) is 2.60. The third-order valence-corrected chi connectivity index (χ3v) is 3.72. The van der Waals surface area contributed by atoms with Gasteiger partial charge in [0.15, 0.2) is 6.29 Å². The Labute approximate surface area is 130 Å². The fraction of sp³-hybridized carbons (Fsp3) is 0.600. The summed E-state index contributed by atoms with van der Waals surface area (Å²) in [6.07, 6.45) is 4.23. The summed E-state index contributed by atoms with van der Waals surface area (Å²) in [6, 6.07) is 0.271. The molecular weight excluding hydrogens is 284 g/mol. The minimum absolute atomic E-state index is 0.145. The highest BCUT2D eigenvalue weighted by atomic mass is 16.5. The molecule has 0 amide bonds. The van der Waals surface area contributed by atoms with Crippen LogP contribution in [0.25, 0.3) is 0 Å². The molecule has 120 valence electrons. The van der Waals surface area contributed by atoms with E-state index in [4.69, 9.17) is 4.74 Å². The van der Waals surface area contributed by atoms with Gasteiger partial charge in [0, 0.05) is 32.2 Å². The van der Waals surface area contributed by atoms with Crippen LogP contribution < -0.4 is 4.90 Å². The summed E-state index contributed by atoms with van der Waals surface area (Å²) in [4.78, 5) is 34.8. The smallest absolute Gasteiger partial charge is 0.307 e. The Kier molecular flexibility index (Phi) is 5.83. The van der Waals surface area contributed by atoms with E-state index >= 15 is 0 Å². The summed E-state index contributed by atoms with van der Waals surface area (Å²) in [5.41, 5.74) is 0.337. The Balaban J connectivity index is 1.86. The Morgan fingerprint density at radius 3 is 2.82 bits per heavy atom. The van der Waals surface area contributed by atoms with Gasteiger partial charge in [-0.2, -0.15) is 0 Å². The molecule has 0 radical (unpaired) electrons. The molecule has 0 unspecified atom stereocenters. The topological polar surface area (TPSA) is 75.6 Å². The highest BCUT2D eigenvalue weighted by Crippen LogP contribution is 2.17. The highest BCUT2D eigenvalue weighted by Gasteiger charge is 2.25. The van der Waals surface area contributed by atoms with Crippen molar-refractivity contribution in [2.75, 3.05) is 37.7 Å². The summed E-state index contributed by atoms with van der Waals surface area (Å²) >= 11 is 0. The van der Waals surface area contributed by atoms with Crippen LogP contribution in [0, 0.1) is 0 Å². The largest absolute Gasteiger partial charge is 0.466 e. The summed E-state index contributed by atoms with van der Waals surface area (Å²) in [6.45, 7) is 7.61. The minimum Gasteiger partial charge on any atom is -0.466 e. The second kappa shape index (κ2) is 7.84. The first-order valence-electron chi connectivity index (χ1n) is 7.56. The van der Waals surface area contributed by atoms with Crippen molar-refractivity contribution < 1.29 is 14.3 Å². The van der Waals surface area contributed by atoms with Crippen LogP contribution in [0.3, 0.4) is 0 Å². The van der Waals surface area contributed by atoms with E-state index in [-0.39, 0.29) is 12.0 Å². The molecule has 0 aliphatic carbocycles. The first kappa shape index (κ1) is 16.4. The molecule has 2 heterocycles. The Bertz CT molecular complexity index is 506. The number of carbonyl (C=O) groups is 2. The van der Waals surface area contributed by atoms with Gasteiger partial charge in [-0.1, -0.05) is 0 Å². The van der Waals surface area contributed by atoms with Gasteiger partial charge in [-0.05, 0) is 13.8 Å². The third-order valence-electron chi connectivity index (χ3n) is 3.72. The van der Waals surface area contributed by atoms with Gasteiger partial charge in [0.25, 0.3) is 0 Å². The second-order valence-corrected chi connectivity index (χ2v) is 5.32. The molecule has 1 aromatic heterocycles. The molecule has 0 N–H and O–H groups in total. The molecule has 1 fully saturated rings. The van der Waals surface area contributed by atoms with Gasteiger partial charge in [-0.15, -0.1) is 0 Å². The number of aromatic nitrogens is 2. The minimum atomic E-state index is -0.145. The van der Waals surface area contributed by atoms with Crippen molar-refractivity contribution in [3.8, 4) is 0 Å². The van der Waals surface area contributed by atoms with Gasteiger partial charge in [0.1, 0.15) is 11.5 Å². The molecule has 0 spiro atoms. The molecular formula is C15H22N4O3. The zero-order valence-corrected chi connectivity index (χ0v) is 13.1. The monoisotopic (exact) mass is 306 g/mol. The Morgan fingerprint density at radius 1 is 1.41 bits per heavy atom. The quantitative estimate of drug-likeness (QED) is 0.567. The summed E-state index contributed by atoms with van der Waals surface area (Å²) in [5, 5.41) is 0. The van der Waals surface area contributed by atoms with E-state index in [1.54, 1.807) is 6.20 Å². The normalized spacial score (nSPS) is 19.0. The van der Waals surface area contributed by atoms with Crippen molar-refractivity contribution in [2.45, 2.75) is 26.3 Å². The maximum atomic E-state index is 11.4. The van der Waals surface area contributed by atoms with Crippen LogP contribution in [0.1, 0.15) is 30.8 Å². The highest BCUT2D eigenvalue weighted by molar-refractivity contribution is 5.71. The van der Waals surface area contributed by atoms with Crippen molar-refractivity contribution in [2.24, 2.45) is 0 Å². The predicted molar refractivity (Wildman–Crippen MR) is 81.9 cm³/mol. The fourth-order valence-corrected chi connectivity index (χ4v) is 2.60. The lowest BCUT2D eigenvalue weighted by atomic mass is 10.2. The average Bonchev–Trinajstić information content (AvgIpc) is 2.53. The molecule has 1 aliphatic heterocycles. The summed E-state index contributed by atoms with van der Waals surface area (Å²) < 4.78 is 4.95. The van der Waals surface area contributed by atoms with Gasteiger partial charge >= 0.3 is 5.97 Å². The first-order chi connectivity index (χ1) is 10.6. The van der Waals surface area contributed by atoms with Crippen LogP contribution in [0.4, 0.5) is 5.82 Å². The van der Waals surface area contributed by atoms with Gasteiger partial charge in [0.2, 0.25) is 0 Å². The Hall–Kier alpha value is -2.02. The van der Waals surface area contributed by atoms with Crippen LogP contribution in [0.15, 0.2) is 12.4 Å². The van der Waals surface area contributed by atoms with E-state index in [1.807, 2.05) is 6.92 Å². The molecule has 0 bridgehead atoms. The number of nitrogens with zero attached hydrogens (tertiary/aromatic N) is 4. The molecule has 1 aliphatic rings. The number of aldehydes is 1. The van der Waals surface area contributed by atoms with E-state index in [1.165, 1.54) is 6.20 Å². The number of piperazine rings is 1. The van der Waals surface area contributed by atoms with E-state index in [9.17, 15) is 9.59 Å². The van der Waals surface area contributed by atoms with E-state index in [0.717, 1.165) is 25.5 Å². The molecule has 22 heavy (non-hydrogen) atoms. The molecule has 7 nitrogen and oxygen atoms in total. The van der Waals surface area contributed by atoms with Crippen molar-refractivity contribution in [3.63, 3.8) is 0 Å². The predicted octanol–water partition coefficient (Wildman–Crippen LogP) is 0.753. The van der Waals surface area contributed by atoms with Gasteiger partial charge < -0.3 is 9.64 Å². The standard InChI is InChI=1S/C15H22N4O3/c1-3-22-15(21)4-5-18-6-7-19(12(2)10-18)14-9-16-13(11-20)8-17-14/h8-9,11-12H,3-7,10H2,1-2H3/t12-/m1/s1. The number of carbonyl (C=O) groups excluding carboxylic acids is 2. The zero-order valence-electron chi connectivity index (χ0n) is 13.1. The molecule has 1 aromatic rings. The summed E-state index contributed by atoms with van der Waals surface area (Å²) in [5.74, 6) is 0.635. The van der Waals surface area contributed by atoms with Crippen LogP contribution in [0.5, 0.6) is 0 Å². The van der Waals surface area contributed by atoms with Crippen LogP contribution in [-0.2, 0) is 9.53 Å². The van der Waals surface area contributed by atoms with E-state index in [0.29, 0.717) is 31.6 Å². The number of hydrogen-bond acceptors (Lipinski definition) is 7. The lowest BCUT2D eigenvalue weighted by Gasteiger charge is -2.40. The number of hydrogen-bond donors (Lipinski definition) is 0. The van der Waals surface area contributed by atoms with Crippen LogP contribution in [-0.4, -0.2) is 66.0 Å². The molecule has 0 aromatic carbocycles. The number of rotatable bonds is 6.